The molecule has 84 valence electrons. The van der Waals surface area contributed by atoms with E-state index in [4.69, 9.17) is 4.74 Å². The lowest BCUT2D eigenvalue weighted by molar-refractivity contribution is -0.385. The molecule has 0 N–H and O–H groups in total. The summed E-state index contributed by atoms with van der Waals surface area (Å²) in [6.45, 7) is 1.84. The predicted octanol–water partition coefficient (Wildman–Crippen LogP) is 1.62. The topological polar surface area (TPSA) is 86.5 Å². The third-order valence-electron chi connectivity index (χ3n) is 1.87. The lowest BCUT2D eigenvalue weighted by Gasteiger charge is -2.07. The quantitative estimate of drug-likeness (QED) is 0.430. The van der Waals surface area contributed by atoms with E-state index in [1.54, 1.807) is 6.92 Å². The van der Waals surface area contributed by atoms with Gasteiger partial charge in [0.15, 0.2) is 6.29 Å². The number of hydrogen-bond donors (Lipinski definition) is 0. The van der Waals surface area contributed by atoms with E-state index in [0.29, 0.717) is 12.6 Å². The van der Waals surface area contributed by atoms with Crippen LogP contribution in [0.25, 0.3) is 0 Å². The Morgan fingerprint density at radius 3 is 2.50 bits per heavy atom. The minimum atomic E-state index is -0.689. The van der Waals surface area contributed by atoms with Crippen molar-refractivity contribution in [2.45, 2.75) is 6.92 Å². The van der Waals surface area contributed by atoms with E-state index >= 15 is 0 Å². The molecule has 0 spiro atoms. The Labute approximate surface area is 91.0 Å². The standard InChI is InChI=1S/C10H9NO5/c1-2-16-10-8(6-13)3-7(5-12)4-9(10)11(14)15/h3-6H,2H2,1H3. The van der Waals surface area contributed by atoms with E-state index in [1.165, 1.54) is 6.07 Å². The highest BCUT2D eigenvalue weighted by atomic mass is 16.6. The van der Waals surface area contributed by atoms with Crippen LogP contribution in [0.1, 0.15) is 27.6 Å². The number of nitrogens with zero attached hydrogens (tertiary/aromatic N) is 1. The van der Waals surface area contributed by atoms with E-state index in [2.05, 4.69) is 0 Å². The van der Waals surface area contributed by atoms with Crippen LogP contribution >= 0.6 is 0 Å². The molecule has 0 bridgehead atoms. The first-order valence-corrected chi connectivity index (χ1v) is 4.49. The Morgan fingerprint density at radius 2 is 2.06 bits per heavy atom. The molecule has 0 heterocycles. The third kappa shape index (κ3) is 2.22. The monoisotopic (exact) mass is 223 g/mol. The van der Waals surface area contributed by atoms with Crippen molar-refractivity contribution in [2.75, 3.05) is 6.61 Å². The van der Waals surface area contributed by atoms with Gasteiger partial charge in [-0.1, -0.05) is 0 Å². The second kappa shape index (κ2) is 5.01. The lowest BCUT2D eigenvalue weighted by atomic mass is 10.1. The fraction of sp³-hybridized carbons (Fsp3) is 0.200. The minimum Gasteiger partial charge on any atom is -0.487 e. The summed E-state index contributed by atoms with van der Waals surface area (Å²) in [6, 6.07) is 2.32. The van der Waals surface area contributed by atoms with Gasteiger partial charge in [0.25, 0.3) is 0 Å². The normalized spacial score (nSPS) is 9.56. The number of benzene rings is 1. The van der Waals surface area contributed by atoms with Crippen LogP contribution in [0.5, 0.6) is 5.75 Å². The first kappa shape index (κ1) is 11.8. The van der Waals surface area contributed by atoms with E-state index in [9.17, 15) is 19.7 Å². The molecule has 0 fully saturated rings. The van der Waals surface area contributed by atoms with Crippen molar-refractivity contribution < 1.29 is 19.2 Å². The molecule has 1 aromatic rings. The summed E-state index contributed by atoms with van der Waals surface area (Å²) in [4.78, 5) is 31.3. The van der Waals surface area contributed by atoms with E-state index in [-0.39, 0.29) is 29.2 Å². The zero-order valence-electron chi connectivity index (χ0n) is 8.50. The van der Waals surface area contributed by atoms with Gasteiger partial charge in [0.2, 0.25) is 5.75 Å². The SMILES string of the molecule is CCOc1c(C=O)cc(C=O)cc1[N+](=O)[O-]. The summed E-state index contributed by atoms with van der Waals surface area (Å²) < 4.78 is 5.03. The highest BCUT2D eigenvalue weighted by Gasteiger charge is 2.20. The summed E-state index contributed by atoms with van der Waals surface area (Å²) in [5.74, 6) is -0.104. The van der Waals surface area contributed by atoms with Crippen LogP contribution in [0.15, 0.2) is 12.1 Å². The van der Waals surface area contributed by atoms with Crippen molar-refractivity contribution >= 4 is 18.3 Å². The fourth-order valence-electron chi connectivity index (χ4n) is 1.25. The van der Waals surface area contributed by atoms with Crippen LogP contribution in [-0.4, -0.2) is 24.1 Å². The second-order valence-corrected chi connectivity index (χ2v) is 2.88. The second-order valence-electron chi connectivity index (χ2n) is 2.88. The number of hydrogen-bond acceptors (Lipinski definition) is 5. The van der Waals surface area contributed by atoms with Crippen molar-refractivity contribution in [3.8, 4) is 5.75 Å². The Bertz CT molecular complexity index is 441. The lowest BCUT2D eigenvalue weighted by Crippen LogP contribution is -2.02. The zero-order chi connectivity index (χ0) is 12.1. The summed E-state index contributed by atoms with van der Waals surface area (Å²) in [5, 5.41) is 10.7. The molecule has 0 aliphatic carbocycles. The van der Waals surface area contributed by atoms with Gasteiger partial charge in [0, 0.05) is 11.6 Å². The summed E-state index contributed by atoms with van der Waals surface area (Å²) >= 11 is 0. The van der Waals surface area contributed by atoms with Gasteiger partial charge in [-0.25, -0.2) is 0 Å². The molecule has 0 radical (unpaired) electrons. The molecule has 6 heteroatoms. The molecule has 0 atom stereocenters. The van der Waals surface area contributed by atoms with Crippen LogP contribution in [0.3, 0.4) is 0 Å². The van der Waals surface area contributed by atoms with Gasteiger partial charge in [-0.2, -0.15) is 0 Å². The Morgan fingerprint density at radius 1 is 1.38 bits per heavy atom. The van der Waals surface area contributed by atoms with Gasteiger partial charge in [-0.3, -0.25) is 19.7 Å². The van der Waals surface area contributed by atoms with Crippen LogP contribution in [-0.2, 0) is 0 Å². The van der Waals surface area contributed by atoms with Gasteiger partial charge in [0.05, 0.1) is 17.1 Å². The van der Waals surface area contributed by atoms with Gasteiger partial charge in [-0.05, 0) is 13.0 Å². The maximum Gasteiger partial charge on any atom is 0.312 e. The summed E-state index contributed by atoms with van der Waals surface area (Å²) in [6.07, 6.45) is 0.862. The molecular formula is C10H9NO5. The molecule has 6 nitrogen and oxygen atoms in total. The smallest absolute Gasteiger partial charge is 0.312 e. The molecule has 0 aliphatic heterocycles. The van der Waals surface area contributed by atoms with Gasteiger partial charge in [0.1, 0.15) is 6.29 Å². The van der Waals surface area contributed by atoms with Crippen LogP contribution in [0.4, 0.5) is 5.69 Å². The first-order valence-electron chi connectivity index (χ1n) is 4.49. The number of ether oxygens (including phenoxy) is 1. The molecule has 0 aromatic heterocycles. The fourth-order valence-corrected chi connectivity index (χ4v) is 1.25. The zero-order valence-corrected chi connectivity index (χ0v) is 8.50. The highest BCUT2D eigenvalue weighted by Crippen LogP contribution is 2.31. The van der Waals surface area contributed by atoms with E-state index < -0.39 is 4.92 Å². The molecule has 1 aromatic carbocycles. The Kier molecular flexibility index (Phi) is 3.71. The number of carbonyl (C=O) groups is 2. The number of carbonyl (C=O) groups excluding carboxylic acids is 2. The number of nitro benzene ring substituents is 1. The van der Waals surface area contributed by atoms with E-state index in [0.717, 1.165) is 6.07 Å². The Hall–Kier alpha value is -2.24. The van der Waals surface area contributed by atoms with Gasteiger partial charge in [-0.15, -0.1) is 0 Å². The van der Waals surface area contributed by atoms with Crippen molar-refractivity contribution in [3.05, 3.63) is 33.4 Å². The van der Waals surface area contributed by atoms with Crippen molar-refractivity contribution in [2.24, 2.45) is 0 Å². The average molecular weight is 223 g/mol. The van der Waals surface area contributed by atoms with E-state index in [1.807, 2.05) is 0 Å². The molecular weight excluding hydrogens is 214 g/mol. The minimum absolute atomic E-state index is 0.00171. The molecule has 1 rings (SSSR count). The first-order chi connectivity index (χ1) is 7.63. The molecule has 0 aliphatic rings. The van der Waals surface area contributed by atoms with Gasteiger partial charge >= 0.3 is 5.69 Å². The number of aldehydes is 2. The molecule has 0 saturated carbocycles. The average Bonchev–Trinajstić information content (AvgIpc) is 2.29. The molecule has 0 unspecified atom stereocenters. The maximum atomic E-state index is 10.7. The van der Waals surface area contributed by atoms with Crippen molar-refractivity contribution in [1.29, 1.82) is 0 Å². The van der Waals surface area contributed by atoms with Crippen molar-refractivity contribution in [1.82, 2.24) is 0 Å². The summed E-state index contributed by atoms with van der Waals surface area (Å²) in [7, 11) is 0. The molecule has 0 amide bonds. The number of nitro groups is 1. The van der Waals surface area contributed by atoms with Crippen LogP contribution in [0.2, 0.25) is 0 Å². The summed E-state index contributed by atoms with van der Waals surface area (Å²) in [5.41, 5.74) is -0.316. The maximum absolute atomic E-state index is 10.7. The largest absolute Gasteiger partial charge is 0.487 e. The Balaban J connectivity index is 3.46. The van der Waals surface area contributed by atoms with Crippen molar-refractivity contribution in [3.63, 3.8) is 0 Å². The third-order valence-corrected chi connectivity index (χ3v) is 1.87. The molecule has 16 heavy (non-hydrogen) atoms. The van der Waals surface area contributed by atoms with Crippen LogP contribution in [0, 0.1) is 10.1 Å². The highest BCUT2D eigenvalue weighted by molar-refractivity contribution is 5.88. The van der Waals surface area contributed by atoms with Crippen LogP contribution < -0.4 is 4.74 Å². The van der Waals surface area contributed by atoms with Gasteiger partial charge < -0.3 is 4.74 Å². The predicted molar refractivity (Wildman–Crippen MR) is 55.0 cm³/mol. The molecule has 0 saturated heterocycles. The number of rotatable bonds is 5.